The summed E-state index contributed by atoms with van der Waals surface area (Å²) in [4.78, 5) is 39.3. The number of carbonyl (C=O) groups is 3. The van der Waals surface area contributed by atoms with Crippen molar-refractivity contribution in [3.05, 3.63) is 53.3 Å². The Morgan fingerprint density at radius 3 is 2.27 bits per heavy atom. The second-order valence-electron chi connectivity index (χ2n) is 5.42. The molecule has 0 radical (unpaired) electrons. The summed E-state index contributed by atoms with van der Waals surface area (Å²) in [5, 5.41) is 5.47. The van der Waals surface area contributed by atoms with Gasteiger partial charge in [0.2, 0.25) is 5.91 Å². The molecule has 0 aliphatic rings. The van der Waals surface area contributed by atoms with Gasteiger partial charge >= 0.3 is 5.97 Å². The maximum absolute atomic E-state index is 12.3. The average molecular weight is 376 g/mol. The summed E-state index contributed by atoms with van der Waals surface area (Å²) < 4.78 is 5.26. The van der Waals surface area contributed by atoms with Crippen molar-refractivity contribution < 1.29 is 19.1 Å². The lowest BCUT2D eigenvalue weighted by atomic mass is 10.2. The standard InChI is InChI=1S/C18H18ClN3O4/c1-3-15(26-18(25)12-8-9-20-16(19)10-12)17(24)22-14-6-4-13(5-7-14)21-11(2)23/h4-10,15H,3H2,1-2H3,(H,21,23)(H,22,24). The maximum Gasteiger partial charge on any atom is 0.339 e. The molecule has 0 aliphatic carbocycles. The van der Waals surface area contributed by atoms with E-state index in [4.69, 9.17) is 16.3 Å². The fraction of sp³-hybridized carbons (Fsp3) is 0.222. The van der Waals surface area contributed by atoms with Crippen LogP contribution in [0.3, 0.4) is 0 Å². The molecule has 26 heavy (non-hydrogen) atoms. The molecule has 2 rings (SSSR count). The van der Waals surface area contributed by atoms with Crippen LogP contribution in [0.4, 0.5) is 11.4 Å². The molecule has 0 fully saturated rings. The van der Waals surface area contributed by atoms with E-state index in [-0.39, 0.29) is 16.6 Å². The molecule has 2 amide bonds. The first-order valence-electron chi connectivity index (χ1n) is 7.90. The van der Waals surface area contributed by atoms with Crippen LogP contribution < -0.4 is 10.6 Å². The van der Waals surface area contributed by atoms with Crippen molar-refractivity contribution in [1.82, 2.24) is 4.98 Å². The molecule has 1 atom stereocenters. The molecule has 0 saturated carbocycles. The van der Waals surface area contributed by atoms with E-state index < -0.39 is 18.0 Å². The fourth-order valence-corrected chi connectivity index (χ4v) is 2.29. The van der Waals surface area contributed by atoms with Gasteiger partial charge in [-0.3, -0.25) is 9.59 Å². The highest BCUT2D eigenvalue weighted by Crippen LogP contribution is 2.16. The number of halogens is 1. The van der Waals surface area contributed by atoms with Crippen molar-refractivity contribution in [2.75, 3.05) is 10.6 Å². The number of esters is 1. The summed E-state index contributed by atoms with van der Waals surface area (Å²) in [6.07, 6.45) is 0.737. The van der Waals surface area contributed by atoms with Gasteiger partial charge in [-0.05, 0) is 42.8 Å². The lowest BCUT2D eigenvalue weighted by Crippen LogP contribution is -2.32. The topological polar surface area (TPSA) is 97.4 Å². The van der Waals surface area contributed by atoms with Gasteiger partial charge in [-0.15, -0.1) is 0 Å². The van der Waals surface area contributed by atoms with Gasteiger partial charge in [0.15, 0.2) is 6.10 Å². The number of ether oxygens (including phenoxy) is 1. The Kier molecular flexibility index (Phi) is 6.68. The number of rotatable bonds is 6. The highest BCUT2D eigenvalue weighted by atomic mass is 35.5. The number of amides is 2. The first-order chi connectivity index (χ1) is 12.4. The number of benzene rings is 1. The number of nitrogens with zero attached hydrogens (tertiary/aromatic N) is 1. The Bertz CT molecular complexity index is 808. The molecule has 1 aromatic carbocycles. The normalized spacial score (nSPS) is 11.3. The summed E-state index contributed by atoms with van der Waals surface area (Å²) in [6, 6.07) is 9.42. The maximum atomic E-state index is 12.3. The summed E-state index contributed by atoms with van der Waals surface area (Å²) >= 11 is 5.75. The van der Waals surface area contributed by atoms with Gasteiger partial charge in [-0.1, -0.05) is 18.5 Å². The molecule has 1 heterocycles. The molecule has 0 spiro atoms. The number of aromatic nitrogens is 1. The molecule has 0 bridgehead atoms. The van der Waals surface area contributed by atoms with Gasteiger partial charge in [-0.25, -0.2) is 9.78 Å². The van der Waals surface area contributed by atoms with Crippen molar-refractivity contribution in [2.45, 2.75) is 26.4 Å². The third-order valence-corrected chi connectivity index (χ3v) is 3.55. The minimum Gasteiger partial charge on any atom is -0.449 e. The monoisotopic (exact) mass is 375 g/mol. The second-order valence-corrected chi connectivity index (χ2v) is 5.80. The summed E-state index contributed by atoms with van der Waals surface area (Å²) in [5.74, 6) is -1.29. The number of carbonyl (C=O) groups excluding carboxylic acids is 3. The molecule has 136 valence electrons. The second kappa shape index (κ2) is 8.96. The quantitative estimate of drug-likeness (QED) is 0.596. The summed E-state index contributed by atoms with van der Waals surface area (Å²) in [5.41, 5.74) is 1.35. The van der Waals surface area contributed by atoms with E-state index in [1.54, 1.807) is 31.2 Å². The minimum absolute atomic E-state index is 0.163. The highest BCUT2D eigenvalue weighted by Gasteiger charge is 2.22. The van der Waals surface area contributed by atoms with Crippen LogP contribution >= 0.6 is 11.6 Å². The first-order valence-corrected chi connectivity index (χ1v) is 8.28. The largest absolute Gasteiger partial charge is 0.449 e. The summed E-state index contributed by atoms with van der Waals surface area (Å²) in [6.45, 7) is 3.14. The number of pyridine rings is 1. The molecule has 0 saturated heterocycles. The van der Waals surface area contributed by atoms with Crippen LogP contribution in [0.5, 0.6) is 0 Å². The Labute approximate surface area is 155 Å². The van der Waals surface area contributed by atoms with Crippen molar-refractivity contribution >= 4 is 40.8 Å². The molecule has 2 aromatic rings. The van der Waals surface area contributed by atoms with E-state index in [0.29, 0.717) is 17.8 Å². The van der Waals surface area contributed by atoms with Crippen LogP contribution in [0.2, 0.25) is 5.15 Å². The lowest BCUT2D eigenvalue weighted by Gasteiger charge is -2.16. The van der Waals surface area contributed by atoms with Crippen LogP contribution in [-0.4, -0.2) is 28.9 Å². The van der Waals surface area contributed by atoms with Gasteiger partial charge in [0.05, 0.1) is 5.56 Å². The van der Waals surface area contributed by atoms with Crippen LogP contribution in [0, 0.1) is 0 Å². The lowest BCUT2D eigenvalue weighted by molar-refractivity contribution is -0.124. The first kappa shape index (κ1) is 19.4. The Morgan fingerprint density at radius 1 is 1.12 bits per heavy atom. The van der Waals surface area contributed by atoms with Crippen molar-refractivity contribution in [2.24, 2.45) is 0 Å². The van der Waals surface area contributed by atoms with E-state index >= 15 is 0 Å². The molecule has 1 unspecified atom stereocenters. The van der Waals surface area contributed by atoms with Crippen molar-refractivity contribution in [1.29, 1.82) is 0 Å². The van der Waals surface area contributed by atoms with Crippen LogP contribution in [0.15, 0.2) is 42.6 Å². The molecule has 1 aromatic heterocycles. The highest BCUT2D eigenvalue weighted by molar-refractivity contribution is 6.29. The molecule has 2 N–H and O–H groups in total. The number of nitrogens with one attached hydrogen (secondary N) is 2. The zero-order valence-electron chi connectivity index (χ0n) is 14.3. The Balaban J connectivity index is 1.99. The predicted octanol–water partition coefficient (Wildman–Crippen LogP) is 3.27. The zero-order chi connectivity index (χ0) is 19.1. The summed E-state index contributed by atoms with van der Waals surface area (Å²) in [7, 11) is 0. The van der Waals surface area contributed by atoms with E-state index in [1.165, 1.54) is 25.3 Å². The Hall–Kier alpha value is -2.93. The van der Waals surface area contributed by atoms with Gasteiger partial charge in [-0.2, -0.15) is 0 Å². The SMILES string of the molecule is CCC(OC(=O)c1ccnc(Cl)c1)C(=O)Nc1ccc(NC(C)=O)cc1. The van der Waals surface area contributed by atoms with E-state index in [0.717, 1.165) is 0 Å². The molecule has 7 nitrogen and oxygen atoms in total. The van der Waals surface area contributed by atoms with Crippen LogP contribution in [-0.2, 0) is 14.3 Å². The minimum atomic E-state index is -0.954. The number of hydrogen-bond acceptors (Lipinski definition) is 5. The van der Waals surface area contributed by atoms with E-state index in [2.05, 4.69) is 15.6 Å². The molecule has 8 heteroatoms. The Morgan fingerprint density at radius 2 is 1.73 bits per heavy atom. The zero-order valence-corrected chi connectivity index (χ0v) is 15.0. The number of hydrogen-bond donors (Lipinski definition) is 2. The van der Waals surface area contributed by atoms with Crippen molar-refractivity contribution in [3.8, 4) is 0 Å². The molecular weight excluding hydrogens is 358 g/mol. The smallest absolute Gasteiger partial charge is 0.339 e. The molecular formula is C18H18ClN3O4. The van der Waals surface area contributed by atoms with Gasteiger partial charge in [0, 0.05) is 24.5 Å². The van der Waals surface area contributed by atoms with E-state index in [9.17, 15) is 14.4 Å². The number of anilines is 2. The predicted molar refractivity (Wildman–Crippen MR) is 98.1 cm³/mol. The van der Waals surface area contributed by atoms with E-state index in [1.807, 2.05) is 0 Å². The van der Waals surface area contributed by atoms with Crippen molar-refractivity contribution in [3.63, 3.8) is 0 Å². The fourth-order valence-electron chi connectivity index (χ4n) is 2.11. The third kappa shape index (κ3) is 5.56. The average Bonchev–Trinajstić information content (AvgIpc) is 2.60. The van der Waals surface area contributed by atoms with Crippen LogP contribution in [0.1, 0.15) is 30.6 Å². The van der Waals surface area contributed by atoms with Gasteiger partial charge < -0.3 is 15.4 Å². The van der Waals surface area contributed by atoms with Gasteiger partial charge in [0.25, 0.3) is 5.91 Å². The van der Waals surface area contributed by atoms with Gasteiger partial charge in [0.1, 0.15) is 5.15 Å². The molecule has 0 aliphatic heterocycles. The third-order valence-electron chi connectivity index (χ3n) is 3.35. The van der Waals surface area contributed by atoms with Crippen LogP contribution in [0.25, 0.3) is 0 Å².